The maximum atomic E-state index is 12.3. The minimum absolute atomic E-state index is 0.0905. The van der Waals surface area contributed by atoms with Crippen LogP contribution >= 0.6 is 11.3 Å². The van der Waals surface area contributed by atoms with Crippen molar-refractivity contribution in [3.8, 4) is 16.5 Å². The van der Waals surface area contributed by atoms with Crippen LogP contribution in [0, 0.1) is 0 Å². The molecule has 1 aliphatic carbocycles. The molecule has 0 bridgehead atoms. The van der Waals surface area contributed by atoms with E-state index in [9.17, 15) is 8.42 Å². The summed E-state index contributed by atoms with van der Waals surface area (Å²) in [5.74, 6) is 0.496. The summed E-state index contributed by atoms with van der Waals surface area (Å²) in [6.45, 7) is 3.32. The minimum atomic E-state index is -3.32. The first kappa shape index (κ1) is 21.1. The number of rotatable bonds is 8. The molecule has 3 aromatic rings. The molecule has 0 radical (unpaired) electrons. The number of ether oxygens (including phenoxy) is 1. The van der Waals surface area contributed by atoms with Crippen molar-refractivity contribution < 1.29 is 13.2 Å². The Hall–Kier alpha value is -2.79. The quantitative estimate of drug-likeness (QED) is 0.529. The molecule has 3 aromatic heterocycles. The predicted octanol–water partition coefficient (Wildman–Crippen LogP) is 3.64. The summed E-state index contributed by atoms with van der Waals surface area (Å²) in [6, 6.07) is 1.98. The third-order valence-electron chi connectivity index (χ3n) is 5.52. The lowest BCUT2D eigenvalue weighted by Crippen LogP contribution is -2.23. The van der Waals surface area contributed by atoms with Crippen molar-refractivity contribution in [2.75, 3.05) is 22.8 Å². The van der Waals surface area contributed by atoms with E-state index < -0.39 is 10.0 Å². The Bertz CT molecular complexity index is 1210. The van der Waals surface area contributed by atoms with Crippen molar-refractivity contribution in [2.45, 2.75) is 43.9 Å². The average Bonchev–Trinajstić information content (AvgIpc) is 3.35. The molecule has 0 amide bonds. The number of nitrogens with zero attached hydrogens (tertiary/aromatic N) is 5. The Morgan fingerprint density at radius 2 is 2.00 bits per heavy atom. The van der Waals surface area contributed by atoms with E-state index in [0.717, 1.165) is 53.5 Å². The molecule has 2 aliphatic rings. The summed E-state index contributed by atoms with van der Waals surface area (Å²) >= 11 is 1.56. The monoisotopic (exact) mass is 472 g/mol. The Labute approximate surface area is 191 Å². The van der Waals surface area contributed by atoms with E-state index in [1.165, 1.54) is 0 Å². The Morgan fingerprint density at radius 3 is 2.81 bits per heavy atom. The normalized spacial score (nSPS) is 18.7. The van der Waals surface area contributed by atoms with Crippen LogP contribution in [0.3, 0.4) is 0 Å². The van der Waals surface area contributed by atoms with Crippen molar-refractivity contribution in [3.63, 3.8) is 0 Å². The molecule has 0 spiro atoms. The van der Waals surface area contributed by atoms with Crippen LogP contribution in [-0.2, 0) is 10.0 Å². The molecule has 4 heterocycles. The Kier molecular flexibility index (Phi) is 5.68. The highest BCUT2D eigenvalue weighted by Gasteiger charge is 2.36. The van der Waals surface area contributed by atoms with E-state index in [4.69, 9.17) is 4.74 Å². The van der Waals surface area contributed by atoms with Gasteiger partial charge in [0.25, 0.3) is 0 Å². The number of hydrogen-bond donors (Lipinski definition) is 1. The van der Waals surface area contributed by atoms with Crippen molar-refractivity contribution in [1.82, 2.24) is 19.9 Å². The van der Waals surface area contributed by atoms with Crippen molar-refractivity contribution in [2.24, 2.45) is 0 Å². The molecule has 168 valence electrons. The average molecular weight is 473 g/mol. The van der Waals surface area contributed by atoms with Gasteiger partial charge in [0.2, 0.25) is 15.9 Å². The van der Waals surface area contributed by atoms with Crippen molar-refractivity contribution in [3.05, 3.63) is 42.6 Å². The first-order chi connectivity index (χ1) is 15.5. The lowest BCUT2D eigenvalue weighted by molar-refractivity contribution is 0.325. The third kappa shape index (κ3) is 4.40. The van der Waals surface area contributed by atoms with Crippen LogP contribution in [0.2, 0.25) is 0 Å². The summed E-state index contributed by atoms with van der Waals surface area (Å²) in [4.78, 5) is 20.8. The zero-order valence-corrected chi connectivity index (χ0v) is 19.3. The van der Waals surface area contributed by atoms with Crippen molar-refractivity contribution in [1.29, 1.82) is 0 Å². The summed E-state index contributed by atoms with van der Waals surface area (Å²) in [7, 11) is -3.32. The molecule has 32 heavy (non-hydrogen) atoms. The highest BCUT2D eigenvalue weighted by molar-refractivity contribution is 7.93. The fourth-order valence-electron chi connectivity index (χ4n) is 3.86. The standard InChI is InChI=1S/C21H24N6O3S2/c1-2-30-20-13-23-11-17(25-20)19-12-24-21(31-19)27-7-3-4-18(27)14-8-15(10-22-9-14)26-32(28,29)16-5-6-16/h8-13,16,18,26H,2-7H2,1H3/t18-/m1/s1. The fraction of sp³-hybridized carbons (Fsp3) is 0.429. The molecule has 9 nitrogen and oxygen atoms in total. The minimum Gasteiger partial charge on any atom is -0.477 e. The van der Waals surface area contributed by atoms with Gasteiger partial charge in [0.05, 0.1) is 47.1 Å². The van der Waals surface area contributed by atoms with E-state index >= 15 is 0 Å². The zero-order chi connectivity index (χ0) is 22.1. The molecule has 0 aromatic carbocycles. The number of sulfonamides is 1. The van der Waals surface area contributed by atoms with Gasteiger partial charge in [-0.25, -0.2) is 18.4 Å². The Morgan fingerprint density at radius 1 is 1.16 bits per heavy atom. The van der Waals surface area contributed by atoms with Gasteiger partial charge >= 0.3 is 0 Å². The molecule has 2 fully saturated rings. The number of nitrogens with one attached hydrogen (secondary N) is 1. The molecule has 1 atom stereocenters. The smallest absolute Gasteiger partial charge is 0.235 e. The fourth-order valence-corrected chi connectivity index (χ4v) is 6.17. The predicted molar refractivity (Wildman–Crippen MR) is 123 cm³/mol. The first-order valence-corrected chi connectivity index (χ1v) is 13.0. The first-order valence-electron chi connectivity index (χ1n) is 10.7. The van der Waals surface area contributed by atoms with E-state index in [2.05, 4.69) is 29.6 Å². The Balaban J connectivity index is 1.37. The second-order valence-electron chi connectivity index (χ2n) is 7.89. The largest absolute Gasteiger partial charge is 0.477 e. The van der Waals surface area contributed by atoms with Crippen LogP contribution in [0.15, 0.2) is 37.1 Å². The number of thiazole rings is 1. The number of anilines is 2. The van der Waals surface area contributed by atoms with Crippen LogP contribution in [0.5, 0.6) is 5.88 Å². The van der Waals surface area contributed by atoms with Crippen LogP contribution in [-0.4, -0.2) is 46.8 Å². The molecule has 1 aliphatic heterocycles. The molecule has 11 heteroatoms. The van der Waals surface area contributed by atoms with Crippen LogP contribution < -0.4 is 14.4 Å². The number of hydrogen-bond acceptors (Lipinski definition) is 9. The molecular weight excluding hydrogens is 448 g/mol. The summed E-state index contributed by atoms with van der Waals surface area (Å²) in [5.41, 5.74) is 2.23. The number of pyridine rings is 1. The van der Waals surface area contributed by atoms with E-state index in [1.807, 2.05) is 25.4 Å². The van der Waals surface area contributed by atoms with Crippen molar-refractivity contribution >= 4 is 32.2 Å². The summed E-state index contributed by atoms with van der Waals surface area (Å²) < 4.78 is 32.8. The topological polar surface area (TPSA) is 110 Å². The molecule has 1 saturated carbocycles. The van der Waals surface area contributed by atoms with Gasteiger partial charge in [0, 0.05) is 18.9 Å². The maximum Gasteiger partial charge on any atom is 0.235 e. The molecule has 0 unspecified atom stereocenters. The van der Waals surface area contributed by atoms with Gasteiger partial charge < -0.3 is 9.64 Å². The van der Waals surface area contributed by atoms with E-state index in [-0.39, 0.29) is 11.3 Å². The lowest BCUT2D eigenvalue weighted by Gasteiger charge is -2.24. The second kappa shape index (κ2) is 8.62. The van der Waals surface area contributed by atoms with Gasteiger partial charge in [0.1, 0.15) is 5.69 Å². The van der Waals surface area contributed by atoms with E-state index in [0.29, 0.717) is 18.2 Å². The molecule has 5 rings (SSSR count). The van der Waals surface area contributed by atoms with Crippen LogP contribution in [0.4, 0.5) is 10.8 Å². The third-order valence-corrected chi connectivity index (χ3v) is 8.44. The highest BCUT2D eigenvalue weighted by atomic mass is 32.2. The van der Waals surface area contributed by atoms with Gasteiger partial charge in [0.15, 0.2) is 5.13 Å². The lowest BCUT2D eigenvalue weighted by atomic mass is 10.1. The van der Waals surface area contributed by atoms with Crippen LogP contribution in [0.1, 0.15) is 44.2 Å². The maximum absolute atomic E-state index is 12.3. The summed E-state index contributed by atoms with van der Waals surface area (Å²) in [5, 5.41) is 0.627. The molecule has 1 N–H and O–H groups in total. The van der Waals surface area contributed by atoms with Crippen LogP contribution in [0.25, 0.3) is 10.6 Å². The summed E-state index contributed by atoms with van der Waals surface area (Å²) in [6.07, 6.45) is 11.9. The van der Waals surface area contributed by atoms with Gasteiger partial charge in [-0.3, -0.25) is 14.7 Å². The zero-order valence-electron chi connectivity index (χ0n) is 17.6. The van der Waals surface area contributed by atoms with Gasteiger partial charge in [-0.05, 0) is 44.2 Å². The second-order valence-corrected chi connectivity index (χ2v) is 10.9. The van der Waals surface area contributed by atoms with Gasteiger partial charge in [-0.1, -0.05) is 11.3 Å². The van der Waals surface area contributed by atoms with Gasteiger partial charge in [-0.15, -0.1) is 0 Å². The molecular formula is C21H24N6O3S2. The molecule has 1 saturated heterocycles. The highest BCUT2D eigenvalue weighted by Crippen LogP contribution is 2.40. The van der Waals surface area contributed by atoms with Gasteiger partial charge in [-0.2, -0.15) is 0 Å². The van der Waals surface area contributed by atoms with E-state index in [1.54, 1.807) is 29.9 Å². The number of aromatic nitrogens is 4. The SMILES string of the molecule is CCOc1cncc(-c2cnc(N3CCC[C@@H]3c3cncc(NS(=O)(=O)C4CC4)c3)s2)n1.